The number of rotatable bonds is 4. The predicted molar refractivity (Wildman–Crippen MR) is 96.5 cm³/mol. The lowest BCUT2D eigenvalue weighted by Crippen LogP contribution is -2.47. The molecule has 4 nitrogen and oxygen atoms in total. The lowest BCUT2D eigenvalue weighted by atomic mass is 9.78. The first-order valence-electron chi connectivity index (χ1n) is 8.52. The summed E-state index contributed by atoms with van der Waals surface area (Å²) in [5.74, 6) is 1.25. The summed E-state index contributed by atoms with van der Waals surface area (Å²) in [6.45, 7) is 2.18. The van der Waals surface area contributed by atoms with Crippen LogP contribution in [0.5, 0.6) is 5.75 Å². The van der Waals surface area contributed by atoms with Gasteiger partial charge in [-0.05, 0) is 37.3 Å². The van der Waals surface area contributed by atoms with E-state index in [9.17, 15) is 4.79 Å². The fourth-order valence-corrected chi connectivity index (χ4v) is 3.78. The van der Waals surface area contributed by atoms with Gasteiger partial charge in [0.15, 0.2) is 0 Å². The molecule has 1 aliphatic carbocycles. The van der Waals surface area contributed by atoms with Gasteiger partial charge in [0.25, 0.3) is 5.91 Å². The van der Waals surface area contributed by atoms with Gasteiger partial charge in [-0.3, -0.25) is 4.79 Å². The molecule has 0 aliphatic heterocycles. The second-order valence-electron chi connectivity index (χ2n) is 6.72. The monoisotopic (exact) mass is 327 g/mol. The molecule has 2 aromatic rings. The molecule has 0 aromatic heterocycles. The summed E-state index contributed by atoms with van der Waals surface area (Å²) < 4.78 is 11.1. The van der Waals surface area contributed by atoms with Crippen LogP contribution in [0.25, 0.3) is 10.8 Å². The van der Waals surface area contributed by atoms with E-state index < -0.39 is 5.60 Å². The number of nitrogens with one attached hydrogen (secondary N) is 1. The molecule has 0 radical (unpaired) electrons. The number of methoxy groups -OCH3 is 2. The Morgan fingerprint density at radius 3 is 2.58 bits per heavy atom. The van der Waals surface area contributed by atoms with Gasteiger partial charge in [-0.1, -0.05) is 37.6 Å². The van der Waals surface area contributed by atoms with E-state index >= 15 is 0 Å². The lowest BCUT2D eigenvalue weighted by molar-refractivity contribution is -0.143. The number of ether oxygens (including phenoxy) is 2. The largest absolute Gasteiger partial charge is 0.496 e. The Balaban J connectivity index is 1.93. The summed E-state index contributed by atoms with van der Waals surface area (Å²) >= 11 is 0. The minimum Gasteiger partial charge on any atom is -0.496 e. The highest BCUT2D eigenvalue weighted by Gasteiger charge is 2.42. The van der Waals surface area contributed by atoms with Crippen LogP contribution in [0, 0.1) is 5.92 Å². The molecule has 1 saturated carbocycles. The van der Waals surface area contributed by atoms with E-state index in [0.29, 0.717) is 5.92 Å². The molecule has 2 unspecified atom stereocenters. The van der Waals surface area contributed by atoms with Crippen molar-refractivity contribution in [2.75, 3.05) is 19.5 Å². The van der Waals surface area contributed by atoms with Gasteiger partial charge in [-0.15, -0.1) is 0 Å². The van der Waals surface area contributed by atoms with E-state index in [-0.39, 0.29) is 5.91 Å². The van der Waals surface area contributed by atoms with Crippen LogP contribution in [0.4, 0.5) is 5.69 Å². The topological polar surface area (TPSA) is 47.6 Å². The average molecular weight is 327 g/mol. The molecule has 0 bridgehead atoms. The molecule has 2 aromatic carbocycles. The van der Waals surface area contributed by atoms with Crippen molar-refractivity contribution in [3.8, 4) is 5.75 Å². The van der Waals surface area contributed by atoms with Gasteiger partial charge in [0.1, 0.15) is 11.4 Å². The van der Waals surface area contributed by atoms with Crippen LogP contribution in [-0.2, 0) is 9.53 Å². The number of anilines is 1. The van der Waals surface area contributed by atoms with Gasteiger partial charge in [-0.2, -0.15) is 0 Å². The zero-order valence-corrected chi connectivity index (χ0v) is 14.6. The maximum absolute atomic E-state index is 13.0. The van der Waals surface area contributed by atoms with E-state index in [0.717, 1.165) is 47.9 Å². The molecule has 2 atom stereocenters. The third-order valence-corrected chi connectivity index (χ3v) is 5.11. The number of hydrogen-bond acceptors (Lipinski definition) is 3. The second kappa shape index (κ2) is 6.81. The molecule has 128 valence electrons. The van der Waals surface area contributed by atoms with E-state index in [4.69, 9.17) is 9.47 Å². The third-order valence-electron chi connectivity index (χ3n) is 5.11. The fourth-order valence-electron chi connectivity index (χ4n) is 3.78. The Bertz CT molecular complexity index is 743. The Hall–Kier alpha value is -2.07. The summed E-state index contributed by atoms with van der Waals surface area (Å²) in [4.78, 5) is 13.0. The van der Waals surface area contributed by atoms with Crippen molar-refractivity contribution >= 4 is 22.4 Å². The van der Waals surface area contributed by atoms with E-state index in [1.807, 2.05) is 36.4 Å². The zero-order valence-electron chi connectivity index (χ0n) is 14.6. The summed E-state index contributed by atoms with van der Waals surface area (Å²) in [5, 5.41) is 5.06. The Labute approximate surface area is 143 Å². The number of carbonyl (C=O) groups is 1. The zero-order chi connectivity index (χ0) is 17.2. The van der Waals surface area contributed by atoms with Gasteiger partial charge >= 0.3 is 0 Å². The Kier molecular flexibility index (Phi) is 4.76. The quantitative estimate of drug-likeness (QED) is 0.906. The molecule has 24 heavy (non-hydrogen) atoms. The molecular weight excluding hydrogens is 302 g/mol. The van der Waals surface area contributed by atoms with Crippen LogP contribution >= 0.6 is 0 Å². The first-order chi connectivity index (χ1) is 11.6. The number of amides is 1. The molecule has 4 heteroatoms. The predicted octanol–water partition coefficient (Wildman–Crippen LogP) is 4.38. The summed E-state index contributed by atoms with van der Waals surface area (Å²) in [6.07, 6.45) is 3.72. The SMILES string of the molecule is COc1ccc(NC(=O)C2(OC)CCCC(C)C2)c2ccccc12. The molecule has 0 saturated heterocycles. The highest BCUT2D eigenvalue weighted by atomic mass is 16.5. The maximum atomic E-state index is 13.0. The molecule has 3 rings (SSSR count). The highest BCUT2D eigenvalue weighted by Crippen LogP contribution is 2.37. The molecule has 1 N–H and O–H groups in total. The number of fused-ring (bicyclic) bond motifs is 1. The summed E-state index contributed by atoms with van der Waals surface area (Å²) in [7, 11) is 3.30. The summed E-state index contributed by atoms with van der Waals surface area (Å²) in [5.41, 5.74) is 0.0738. The third kappa shape index (κ3) is 2.98. The lowest BCUT2D eigenvalue weighted by Gasteiger charge is -2.37. The van der Waals surface area contributed by atoms with Gasteiger partial charge in [-0.25, -0.2) is 0 Å². The van der Waals surface area contributed by atoms with E-state index in [1.54, 1.807) is 14.2 Å². The smallest absolute Gasteiger partial charge is 0.256 e. The minimum atomic E-state index is -0.724. The molecule has 1 fully saturated rings. The van der Waals surface area contributed by atoms with Gasteiger partial charge in [0.05, 0.1) is 7.11 Å². The molecule has 1 aliphatic rings. The van der Waals surface area contributed by atoms with Crippen LogP contribution in [0.2, 0.25) is 0 Å². The highest BCUT2D eigenvalue weighted by molar-refractivity contribution is 6.06. The van der Waals surface area contributed by atoms with Crippen LogP contribution < -0.4 is 10.1 Å². The minimum absolute atomic E-state index is 0.0492. The standard InChI is InChI=1S/C20H25NO3/c1-14-7-6-12-20(13-14,24-3)19(22)21-17-10-11-18(23-2)16-9-5-4-8-15(16)17/h4-5,8-11,14H,6-7,12-13H2,1-3H3,(H,21,22). The van der Waals surface area contributed by atoms with Crippen molar-refractivity contribution in [1.82, 2.24) is 0 Å². The van der Waals surface area contributed by atoms with Gasteiger partial charge < -0.3 is 14.8 Å². The number of carbonyl (C=O) groups excluding carboxylic acids is 1. The van der Waals surface area contributed by atoms with Crippen LogP contribution in [0.3, 0.4) is 0 Å². The Morgan fingerprint density at radius 2 is 1.92 bits per heavy atom. The van der Waals surface area contributed by atoms with Crippen molar-refractivity contribution in [2.45, 2.75) is 38.2 Å². The maximum Gasteiger partial charge on any atom is 0.256 e. The molecule has 0 heterocycles. The van der Waals surface area contributed by atoms with Crippen molar-refractivity contribution in [2.24, 2.45) is 5.92 Å². The van der Waals surface area contributed by atoms with Crippen LogP contribution in [0.1, 0.15) is 32.6 Å². The first-order valence-corrected chi connectivity index (χ1v) is 8.52. The van der Waals surface area contributed by atoms with Crippen molar-refractivity contribution in [1.29, 1.82) is 0 Å². The van der Waals surface area contributed by atoms with Crippen LogP contribution in [0.15, 0.2) is 36.4 Å². The van der Waals surface area contributed by atoms with Crippen molar-refractivity contribution in [3.05, 3.63) is 36.4 Å². The first kappa shape index (κ1) is 16.8. The second-order valence-corrected chi connectivity index (χ2v) is 6.72. The molecular formula is C20H25NO3. The van der Waals surface area contributed by atoms with E-state index in [1.165, 1.54) is 0 Å². The molecule has 0 spiro atoms. The van der Waals surface area contributed by atoms with E-state index in [2.05, 4.69) is 12.2 Å². The number of benzene rings is 2. The fraction of sp³-hybridized carbons (Fsp3) is 0.450. The van der Waals surface area contributed by atoms with Crippen LogP contribution in [-0.4, -0.2) is 25.7 Å². The summed E-state index contributed by atoms with van der Waals surface area (Å²) in [6, 6.07) is 11.7. The Morgan fingerprint density at radius 1 is 1.17 bits per heavy atom. The van der Waals surface area contributed by atoms with Gasteiger partial charge in [0, 0.05) is 23.6 Å². The van der Waals surface area contributed by atoms with Gasteiger partial charge in [0.2, 0.25) is 0 Å². The normalized spacial score (nSPS) is 23.9. The average Bonchev–Trinajstić information content (AvgIpc) is 2.61. The number of hydrogen-bond donors (Lipinski definition) is 1. The van der Waals surface area contributed by atoms with Crippen molar-refractivity contribution in [3.63, 3.8) is 0 Å². The van der Waals surface area contributed by atoms with Crippen molar-refractivity contribution < 1.29 is 14.3 Å². The molecule has 1 amide bonds.